The van der Waals surface area contributed by atoms with Crippen LogP contribution in [-0.2, 0) is 85.7 Å². The number of carbonyl (C=O) groups excluding carboxylic acids is 8. The summed E-state index contributed by atoms with van der Waals surface area (Å²) in [6.07, 6.45) is -14.2. The fraction of sp³-hybridized carbons (Fsp3) is 0.714. The van der Waals surface area contributed by atoms with E-state index in [4.69, 9.17) is 47.4 Å². The lowest BCUT2D eigenvalue weighted by atomic mass is 9.94. The number of ether oxygens (including phenoxy) is 10. The second-order valence-corrected chi connectivity index (χ2v) is 10.4. The van der Waals surface area contributed by atoms with Crippen molar-refractivity contribution in [2.75, 3.05) is 13.2 Å². The van der Waals surface area contributed by atoms with Crippen molar-refractivity contribution in [1.29, 1.82) is 0 Å². The van der Waals surface area contributed by atoms with E-state index < -0.39 is 122 Å². The molecule has 10 atom stereocenters. The number of amides is 1. The molecule has 0 aromatic carbocycles. The third-order valence-electron chi connectivity index (χ3n) is 6.29. The molecule has 0 spiro atoms. The molecular weight excluding hydrogens is 638 g/mol. The minimum Gasteiger partial charge on any atom is -0.463 e. The lowest BCUT2D eigenvalue weighted by molar-refractivity contribution is -0.345. The molecule has 47 heavy (non-hydrogen) atoms. The summed E-state index contributed by atoms with van der Waals surface area (Å²) in [7, 11) is 0. The standard InChI is InChI=1S/C28H39NO18/c1-11(30)29-21-24(42-16(6)35)22(40-14(4)33)19(9-38-12(2)31)45-27(21)47-25-23(41-15(5)34)20(10-39-13(3)32)46-28(44-18(8)37)26(25)43-17(7)36/h19-28H,9-10H2,1-8H3,(H,29,30)/t19?,20?,21?,22-,23+,24-,25+,26?,27+,28-/m1/s1. The summed E-state index contributed by atoms with van der Waals surface area (Å²) in [6, 6.07) is -1.49. The first-order chi connectivity index (χ1) is 21.9. The van der Waals surface area contributed by atoms with Gasteiger partial charge in [-0.25, -0.2) is 0 Å². The molecule has 2 heterocycles. The molecule has 0 aromatic rings. The molecule has 2 aliphatic rings. The fourth-order valence-electron chi connectivity index (χ4n) is 4.84. The van der Waals surface area contributed by atoms with Gasteiger partial charge in [-0.2, -0.15) is 0 Å². The summed E-state index contributed by atoms with van der Waals surface area (Å²) < 4.78 is 55.1. The van der Waals surface area contributed by atoms with Gasteiger partial charge in [0.1, 0.15) is 37.6 Å². The highest BCUT2D eigenvalue weighted by Gasteiger charge is 2.57. The first-order valence-corrected chi connectivity index (χ1v) is 14.3. The number of esters is 7. The molecule has 2 aliphatic heterocycles. The van der Waals surface area contributed by atoms with E-state index in [9.17, 15) is 38.4 Å². The van der Waals surface area contributed by atoms with E-state index in [0.29, 0.717) is 0 Å². The zero-order valence-corrected chi connectivity index (χ0v) is 27.0. The predicted octanol–water partition coefficient (Wildman–Crippen LogP) is -1.26. The van der Waals surface area contributed by atoms with Crippen LogP contribution in [0.2, 0.25) is 0 Å². The van der Waals surface area contributed by atoms with Crippen molar-refractivity contribution in [2.45, 2.75) is 117 Å². The molecule has 4 unspecified atom stereocenters. The van der Waals surface area contributed by atoms with Gasteiger partial charge in [0.25, 0.3) is 0 Å². The maximum absolute atomic E-state index is 12.4. The Bertz CT molecular complexity index is 1200. The molecule has 2 saturated heterocycles. The van der Waals surface area contributed by atoms with Crippen LogP contribution in [0.25, 0.3) is 0 Å². The Kier molecular flexibility index (Phi) is 14.5. The molecular formula is C28H39NO18. The normalized spacial score (nSPS) is 30.0. The molecule has 0 aliphatic carbocycles. The highest BCUT2D eigenvalue weighted by molar-refractivity contribution is 5.74. The third kappa shape index (κ3) is 12.1. The minimum absolute atomic E-state index is 0.571. The van der Waals surface area contributed by atoms with Crippen LogP contribution in [0.15, 0.2) is 0 Å². The summed E-state index contributed by atoms with van der Waals surface area (Å²) in [5.41, 5.74) is 0. The molecule has 0 bridgehead atoms. The number of hydrogen-bond donors (Lipinski definition) is 1. The molecule has 0 radical (unpaired) electrons. The van der Waals surface area contributed by atoms with Crippen LogP contribution < -0.4 is 5.32 Å². The Hall–Kier alpha value is -4.36. The van der Waals surface area contributed by atoms with Gasteiger partial charge in [0.15, 0.2) is 30.7 Å². The quantitative estimate of drug-likeness (QED) is 0.187. The maximum atomic E-state index is 12.4. The summed E-state index contributed by atoms with van der Waals surface area (Å²) in [4.78, 5) is 96.6. The first-order valence-electron chi connectivity index (χ1n) is 14.3. The highest BCUT2D eigenvalue weighted by Crippen LogP contribution is 2.34. The van der Waals surface area contributed by atoms with Crippen molar-refractivity contribution in [2.24, 2.45) is 0 Å². The smallest absolute Gasteiger partial charge is 0.305 e. The lowest BCUT2D eigenvalue weighted by Crippen LogP contribution is -2.69. The van der Waals surface area contributed by atoms with E-state index >= 15 is 0 Å². The van der Waals surface area contributed by atoms with Gasteiger partial charge in [0, 0.05) is 55.4 Å². The lowest BCUT2D eigenvalue weighted by Gasteiger charge is -2.49. The third-order valence-corrected chi connectivity index (χ3v) is 6.29. The minimum atomic E-state index is -1.75. The van der Waals surface area contributed by atoms with Crippen molar-refractivity contribution >= 4 is 47.7 Å². The molecule has 1 N–H and O–H groups in total. The SMILES string of the molecule is CC(=O)NC1[C@H](O[C@@H]2C(OC(C)=O)[C@H](OC(C)=O)OC(COC(C)=O)[C@@H]2OC(C)=O)OC(COC(C)=O)[C@@H](OC(C)=O)[C@@H]1OC(C)=O. The Morgan fingerprint density at radius 1 is 0.468 bits per heavy atom. The van der Waals surface area contributed by atoms with Crippen molar-refractivity contribution in [3.8, 4) is 0 Å². The molecule has 0 saturated carbocycles. The topological polar surface area (TPSA) is 241 Å². The van der Waals surface area contributed by atoms with E-state index in [2.05, 4.69) is 5.32 Å². The van der Waals surface area contributed by atoms with E-state index in [0.717, 1.165) is 55.4 Å². The average molecular weight is 678 g/mol. The Morgan fingerprint density at radius 3 is 1.26 bits per heavy atom. The zero-order chi connectivity index (χ0) is 35.6. The molecule has 19 nitrogen and oxygen atoms in total. The van der Waals surface area contributed by atoms with Crippen LogP contribution >= 0.6 is 0 Å². The largest absolute Gasteiger partial charge is 0.463 e. The molecule has 2 rings (SSSR count). The molecule has 19 heteroatoms. The van der Waals surface area contributed by atoms with Gasteiger partial charge in [-0.05, 0) is 0 Å². The van der Waals surface area contributed by atoms with Crippen LogP contribution in [0, 0.1) is 0 Å². The van der Waals surface area contributed by atoms with Gasteiger partial charge in [0.05, 0.1) is 0 Å². The number of hydrogen-bond acceptors (Lipinski definition) is 18. The molecule has 2 fully saturated rings. The van der Waals surface area contributed by atoms with Gasteiger partial charge in [0.2, 0.25) is 12.2 Å². The number of nitrogens with one attached hydrogen (secondary N) is 1. The average Bonchev–Trinajstić information content (AvgIpc) is 2.91. The Labute approximate surface area is 269 Å². The maximum Gasteiger partial charge on any atom is 0.305 e. The molecule has 0 aromatic heterocycles. The van der Waals surface area contributed by atoms with E-state index in [1.165, 1.54) is 0 Å². The number of carbonyl (C=O) groups is 8. The number of rotatable bonds is 12. The Balaban J connectivity index is 2.75. The van der Waals surface area contributed by atoms with Gasteiger partial charge in [-0.15, -0.1) is 0 Å². The zero-order valence-electron chi connectivity index (χ0n) is 27.0. The summed E-state index contributed by atoms with van der Waals surface area (Å²) in [5.74, 6) is -6.65. The van der Waals surface area contributed by atoms with Crippen molar-refractivity contribution < 1.29 is 85.7 Å². The predicted molar refractivity (Wildman–Crippen MR) is 147 cm³/mol. The second kappa shape index (κ2) is 17.5. The fourth-order valence-corrected chi connectivity index (χ4v) is 4.84. The van der Waals surface area contributed by atoms with Crippen molar-refractivity contribution in [1.82, 2.24) is 5.32 Å². The van der Waals surface area contributed by atoms with Crippen LogP contribution in [0.5, 0.6) is 0 Å². The van der Waals surface area contributed by atoms with Crippen LogP contribution in [0.1, 0.15) is 55.4 Å². The van der Waals surface area contributed by atoms with E-state index in [1.807, 2.05) is 0 Å². The van der Waals surface area contributed by atoms with E-state index in [-0.39, 0.29) is 0 Å². The highest BCUT2D eigenvalue weighted by atomic mass is 16.8. The van der Waals surface area contributed by atoms with Crippen molar-refractivity contribution in [3.05, 3.63) is 0 Å². The van der Waals surface area contributed by atoms with Crippen LogP contribution in [0.4, 0.5) is 0 Å². The van der Waals surface area contributed by atoms with Crippen LogP contribution in [0.3, 0.4) is 0 Å². The van der Waals surface area contributed by atoms with Crippen LogP contribution in [-0.4, -0.2) is 122 Å². The van der Waals surface area contributed by atoms with Gasteiger partial charge in [-0.3, -0.25) is 38.4 Å². The monoisotopic (exact) mass is 677 g/mol. The second-order valence-electron chi connectivity index (χ2n) is 10.4. The first kappa shape index (κ1) is 38.8. The summed E-state index contributed by atoms with van der Waals surface area (Å²) >= 11 is 0. The van der Waals surface area contributed by atoms with Gasteiger partial charge < -0.3 is 52.7 Å². The van der Waals surface area contributed by atoms with Gasteiger partial charge in [-0.1, -0.05) is 0 Å². The van der Waals surface area contributed by atoms with E-state index in [1.54, 1.807) is 0 Å². The van der Waals surface area contributed by atoms with Gasteiger partial charge >= 0.3 is 41.8 Å². The Morgan fingerprint density at radius 2 is 0.851 bits per heavy atom. The summed E-state index contributed by atoms with van der Waals surface area (Å²) in [5, 5.41) is 2.50. The summed E-state index contributed by atoms with van der Waals surface area (Å²) in [6.45, 7) is 7.32. The van der Waals surface area contributed by atoms with Crippen molar-refractivity contribution in [3.63, 3.8) is 0 Å². The molecule has 264 valence electrons. The molecule has 1 amide bonds.